The number of carbonyl (C=O) groups is 1. The molecule has 0 aliphatic carbocycles. The van der Waals surface area contributed by atoms with Crippen LogP contribution in [-0.4, -0.2) is 42.9 Å². The number of thiazole rings is 1. The molecule has 0 radical (unpaired) electrons. The molecule has 158 valence electrons. The lowest BCUT2D eigenvalue weighted by Gasteiger charge is -2.13. The number of halogens is 2. The van der Waals surface area contributed by atoms with Crippen molar-refractivity contribution in [1.29, 1.82) is 0 Å². The van der Waals surface area contributed by atoms with E-state index in [0.717, 1.165) is 16.9 Å². The summed E-state index contributed by atoms with van der Waals surface area (Å²) in [7, 11) is 2.79. The van der Waals surface area contributed by atoms with Crippen LogP contribution in [-0.2, 0) is 21.1 Å². The van der Waals surface area contributed by atoms with Crippen LogP contribution in [0.25, 0.3) is 0 Å². The molecule has 0 saturated heterocycles. The van der Waals surface area contributed by atoms with Gasteiger partial charge in [0.1, 0.15) is 18.7 Å². The van der Waals surface area contributed by atoms with Gasteiger partial charge in [-0.05, 0) is 12.5 Å². The molecule has 2 rings (SSSR count). The number of hydrogen-bond acceptors (Lipinski definition) is 7. The van der Waals surface area contributed by atoms with Gasteiger partial charge in [0.25, 0.3) is 12.3 Å². The second-order valence-electron chi connectivity index (χ2n) is 5.19. The van der Waals surface area contributed by atoms with Gasteiger partial charge in [-0.2, -0.15) is 0 Å². The third kappa shape index (κ3) is 6.60. The highest BCUT2D eigenvalue weighted by Gasteiger charge is 2.21. The van der Waals surface area contributed by atoms with Gasteiger partial charge in [0.2, 0.25) is 0 Å². The van der Waals surface area contributed by atoms with Crippen LogP contribution in [0.2, 0.25) is 0 Å². The second kappa shape index (κ2) is 12.6. The first kappa shape index (κ1) is 24.2. The minimum absolute atomic E-state index is 0.0419. The summed E-state index contributed by atoms with van der Waals surface area (Å²) in [6.45, 7) is 5.67. The third-order valence-electron chi connectivity index (χ3n) is 3.52. The monoisotopic (exact) mass is 426 g/mol. The zero-order chi connectivity index (χ0) is 21.8. The van der Waals surface area contributed by atoms with Gasteiger partial charge in [0, 0.05) is 29.8 Å². The summed E-state index contributed by atoms with van der Waals surface area (Å²) in [4.78, 5) is 25.9. The molecule has 0 aliphatic heterocycles. The van der Waals surface area contributed by atoms with E-state index in [2.05, 4.69) is 20.6 Å². The molecule has 0 bridgehead atoms. The van der Waals surface area contributed by atoms with Gasteiger partial charge in [-0.15, -0.1) is 11.3 Å². The number of oxime groups is 2. The fourth-order valence-electron chi connectivity index (χ4n) is 2.23. The van der Waals surface area contributed by atoms with Crippen molar-refractivity contribution in [2.75, 3.05) is 14.2 Å². The summed E-state index contributed by atoms with van der Waals surface area (Å²) in [5.74, 6) is -0.455. The van der Waals surface area contributed by atoms with Gasteiger partial charge in [-0.3, -0.25) is 4.79 Å². The van der Waals surface area contributed by atoms with Crippen LogP contribution in [0.5, 0.6) is 0 Å². The Morgan fingerprint density at radius 3 is 2.59 bits per heavy atom. The highest BCUT2D eigenvalue weighted by molar-refractivity contribution is 7.11. The van der Waals surface area contributed by atoms with Crippen LogP contribution in [0.4, 0.5) is 8.78 Å². The fourth-order valence-corrected chi connectivity index (χ4v) is 2.85. The van der Waals surface area contributed by atoms with E-state index in [1.54, 1.807) is 30.5 Å². The van der Waals surface area contributed by atoms with Crippen LogP contribution < -0.4 is 5.32 Å². The molecule has 0 atom stereocenters. The van der Waals surface area contributed by atoms with Crippen LogP contribution in [0, 0.1) is 6.92 Å². The van der Waals surface area contributed by atoms with E-state index in [1.807, 2.05) is 13.8 Å². The Kier molecular flexibility index (Phi) is 10.5. The summed E-state index contributed by atoms with van der Waals surface area (Å²) in [6, 6.07) is 5.21. The number of benzene rings is 1. The first-order valence-electron chi connectivity index (χ1n) is 8.79. The minimum Gasteiger partial charge on any atom is -0.398 e. The molecule has 1 N–H and O–H groups in total. The van der Waals surface area contributed by atoms with E-state index in [0.29, 0.717) is 11.1 Å². The summed E-state index contributed by atoms with van der Waals surface area (Å²) in [6.07, 6.45) is -1.42. The molecule has 1 amide bonds. The van der Waals surface area contributed by atoms with E-state index in [4.69, 9.17) is 9.68 Å². The second-order valence-corrected chi connectivity index (χ2v) is 6.09. The first-order valence-corrected chi connectivity index (χ1v) is 9.67. The number of carbonyl (C=O) groups excluding carboxylic acids is 1. The minimum atomic E-state index is -2.83. The van der Waals surface area contributed by atoms with E-state index in [-0.39, 0.29) is 17.3 Å². The normalized spacial score (nSPS) is 11.6. The smallest absolute Gasteiger partial charge is 0.286 e. The quantitative estimate of drug-likeness (QED) is 0.514. The molecule has 29 heavy (non-hydrogen) atoms. The molecule has 1 heterocycles. The van der Waals surface area contributed by atoms with Gasteiger partial charge in [0.05, 0.1) is 0 Å². The van der Waals surface area contributed by atoms with Crippen molar-refractivity contribution in [3.05, 3.63) is 51.5 Å². The number of hydrogen-bond donors (Lipinski definition) is 1. The molecule has 10 heteroatoms. The van der Waals surface area contributed by atoms with Crippen molar-refractivity contribution >= 4 is 28.7 Å². The van der Waals surface area contributed by atoms with Gasteiger partial charge in [-0.25, -0.2) is 13.8 Å². The maximum Gasteiger partial charge on any atom is 0.286 e. The first-order chi connectivity index (χ1) is 14.0. The topological polar surface area (TPSA) is 85.2 Å². The van der Waals surface area contributed by atoms with Crippen molar-refractivity contribution in [2.24, 2.45) is 10.3 Å². The van der Waals surface area contributed by atoms with Crippen molar-refractivity contribution < 1.29 is 23.3 Å². The maximum atomic E-state index is 13.2. The average molecular weight is 426 g/mol. The van der Waals surface area contributed by atoms with Crippen molar-refractivity contribution in [1.82, 2.24) is 10.3 Å². The summed E-state index contributed by atoms with van der Waals surface area (Å²) >= 11 is 1.04. The molecule has 0 saturated carbocycles. The molecule has 2 aromatic rings. The molecule has 7 nitrogen and oxygen atoms in total. The molecule has 1 aromatic carbocycles. The third-order valence-corrected chi connectivity index (χ3v) is 4.32. The Bertz CT molecular complexity index is 840. The van der Waals surface area contributed by atoms with Crippen molar-refractivity contribution in [3.63, 3.8) is 0 Å². The van der Waals surface area contributed by atoms with Gasteiger partial charge in [0.15, 0.2) is 11.4 Å². The molecule has 1 aromatic heterocycles. The summed E-state index contributed by atoms with van der Waals surface area (Å²) in [5, 5.41) is 11.5. The van der Waals surface area contributed by atoms with Crippen molar-refractivity contribution in [3.8, 4) is 0 Å². The largest absolute Gasteiger partial charge is 0.398 e. The van der Waals surface area contributed by atoms with Crippen LogP contribution in [0.15, 0.2) is 40.1 Å². The number of aromatic nitrogens is 1. The molecule has 0 fully saturated rings. The number of likely N-dealkylation sites (N-methyl/N-ethyl adjacent to an activating group) is 1. The lowest BCUT2D eigenvalue weighted by Crippen LogP contribution is -2.29. The molecule has 0 unspecified atom stereocenters. The number of aryl methyl sites for hydroxylation is 1. The lowest BCUT2D eigenvalue weighted by molar-refractivity contribution is -0.114. The Hall–Kier alpha value is -2.88. The summed E-state index contributed by atoms with van der Waals surface area (Å²) in [5.41, 5.74) is 1.31. The number of amides is 1. The fraction of sp³-hybridized carbons (Fsp3) is 0.368. The highest BCUT2D eigenvalue weighted by atomic mass is 32.1. The Labute approximate surface area is 172 Å². The van der Waals surface area contributed by atoms with E-state index in [1.165, 1.54) is 20.4 Å². The number of nitrogens with zero attached hydrogens (tertiary/aromatic N) is 3. The van der Waals surface area contributed by atoms with Crippen LogP contribution in [0.3, 0.4) is 0 Å². The van der Waals surface area contributed by atoms with Crippen LogP contribution >= 0.6 is 11.3 Å². The average Bonchev–Trinajstić information content (AvgIpc) is 3.25. The predicted molar refractivity (Wildman–Crippen MR) is 110 cm³/mol. The molecular formula is C19H24F2N4O3S. The number of nitrogens with one attached hydrogen (secondary N) is 1. The standard InChI is InChI=1S/C17H18F2N4O3S.C2H6/c1-10-5-4-6-11(13(22-25-3)16(24)20-2)12(10)9-26-23-14(15(18)19)17-21-7-8-27-17;1-2/h4-8,15H,9H2,1-3H3,(H,20,24);1-2H3/b22-13+,23-14+;. The Balaban J connectivity index is 0.00000204. The predicted octanol–water partition coefficient (Wildman–Crippen LogP) is 3.76. The lowest BCUT2D eigenvalue weighted by atomic mass is 9.98. The van der Waals surface area contributed by atoms with E-state index in [9.17, 15) is 13.6 Å². The SMILES string of the molecule is CC.CNC(=O)/C(=N/OC)c1cccc(C)c1CO/N=C(/c1nccs1)C(F)F. The number of alkyl halides is 2. The maximum absolute atomic E-state index is 13.2. The zero-order valence-corrected chi connectivity index (χ0v) is 17.7. The zero-order valence-electron chi connectivity index (χ0n) is 16.9. The molecule has 0 spiro atoms. The molecular weight excluding hydrogens is 402 g/mol. The van der Waals surface area contributed by atoms with Gasteiger partial charge >= 0.3 is 0 Å². The van der Waals surface area contributed by atoms with Crippen LogP contribution in [0.1, 0.15) is 35.5 Å². The Morgan fingerprint density at radius 1 is 1.31 bits per heavy atom. The number of rotatable bonds is 8. The van der Waals surface area contributed by atoms with Crippen molar-refractivity contribution in [2.45, 2.75) is 33.8 Å². The Morgan fingerprint density at radius 2 is 2.03 bits per heavy atom. The van der Waals surface area contributed by atoms with E-state index >= 15 is 0 Å². The van der Waals surface area contributed by atoms with Gasteiger partial charge in [-0.1, -0.05) is 42.4 Å². The van der Waals surface area contributed by atoms with Gasteiger partial charge < -0.3 is 15.0 Å². The van der Waals surface area contributed by atoms with E-state index < -0.39 is 18.0 Å². The summed E-state index contributed by atoms with van der Waals surface area (Å²) < 4.78 is 26.4. The highest BCUT2D eigenvalue weighted by Crippen LogP contribution is 2.18. The molecule has 0 aliphatic rings.